The van der Waals surface area contributed by atoms with Crippen LogP contribution < -0.4 is 5.32 Å². The van der Waals surface area contributed by atoms with Gasteiger partial charge in [-0.3, -0.25) is 4.79 Å². The lowest BCUT2D eigenvalue weighted by Crippen LogP contribution is -2.31. The average Bonchev–Trinajstić information content (AvgIpc) is 2.77. The topological polar surface area (TPSA) is 29.1 Å². The van der Waals surface area contributed by atoms with E-state index in [1.165, 1.54) is 25.7 Å². The lowest BCUT2D eigenvalue weighted by molar-refractivity contribution is -0.121. The summed E-state index contributed by atoms with van der Waals surface area (Å²) in [4.78, 5) is 11.9. The molecule has 2 nitrogen and oxygen atoms in total. The van der Waals surface area contributed by atoms with Crippen molar-refractivity contribution in [2.75, 3.05) is 6.54 Å². The molecule has 0 aromatic rings. The normalized spacial score (nSPS) is 22.9. The molecule has 0 aromatic carbocycles. The minimum atomic E-state index is 0.181. The number of unbranched alkanes of at least 4 members (excludes halogenated alkanes) is 1. The van der Waals surface area contributed by atoms with Crippen molar-refractivity contribution in [3.05, 3.63) is 0 Å². The van der Waals surface area contributed by atoms with Crippen molar-refractivity contribution >= 4 is 5.78 Å². The number of rotatable bonds is 7. The smallest absolute Gasteiger partial charge is 0.150 e. The SMILES string of the molecule is CCCCC(CC)CC(=O)C1CCCN1. The maximum Gasteiger partial charge on any atom is 0.150 e. The fourth-order valence-electron chi connectivity index (χ4n) is 2.33. The summed E-state index contributed by atoms with van der Waals surface area (Å²) in [6.45, 7) is 5.45. The number of Topliss-reactive ketones (excluding diaryl/α,β-unsaturated/α-hetero) is 1. The Hall–Kier alpha value is -0.370. The van der Waals surface area contributed by atoms with Crippen LogP contribution in [0.1, 0.15) is 58.8 Å². The summed E-state index contributed by atoms with van der Waals surface area (Å²) in [5.41, 5.74) is 0. The highest BCUT2D eigenvalue weighted by Gasteiger charge is 2.23. The molecular formula is C13H25NO. The zero-order valence-electron chi connectivity index (χ0n) is 10.2. The first-order valence-electron chi connectivity index (χ1n) is 6.54. The van der Waals surface area contributed by atoms with Gasteiger partial charge >= 0.3 is 0 Å². The molecule has 0 saturated carbocycles. The van der Waals surface area contributed by atoms with Crippen LogP contribution in [0, 0.1) is 5.92 Å². The molecule has 88 valence electrons. The van der Waals surface area contributed by atoms with Crippen molar-refractivity contribution < 1.29 is 4.79 Å². The van der Waals surface area contributed by atoms with Gasteiger partial charge in [-0.05, 0) is 25.3 Å². The van der Waals surface area contributed by atoms with Gasteiger partial charge in [-0.15, -0.1) is 0 Å². The van der Waals surface area contributed by atoms with Gasteiger partial charge in [0.05, 0.1) is 6.04 Å². The van der Waals surface area contributed by atoms with Crippen LogP contribution in [-0.4, -0.2) is 18.4 Å². The lowest BCUT2D eigenvalue weighted by atomic mass is 9.91. The molecular weight excluding hydrogens is 186 g/mol. The second-order valence-corrected chi connectivity index (χ2v) is 4.74. The van der Waals surface area contributed by atoms with Crippen LogP contribution in [0.4, 0.5) is 0 Å². The third-order valence-corrected chi connectivity index (χ3v) is 3.48. The first-order chi connectivity index (χ1) is 7.27. The van der Waals surface area contributed by atoms with E-state index in [0.29, 0.717) is 11.7 Å². The van der Waals surface area contributed by atoms with Gasteiger partial charge in [-0.25, -0.2) is 0 Å². The Morgan fingerprint density at radius 3 is 2.80 bits per heavy atom. The van der Waals surface area contributed by atoms with E-state index in [1.807, 2.05) is 0 Å². The molecule has 0 bridgehead atoms. The highest BCUT2D eigenvalue weighted by molar-refractivity contribution is 5.84. The molecule has 0 aromatic heterocycles. The predicted octanol–water partition coefficient (Wildman–Crippen LogP) is 2.91. The van der Waals surface area contributed by atoms with Crippen LogP contribution in [0.3, 0.4) is 0 Å². The summed E-state index contributed by atoms with van der Waals surface area (Å²) in [6, 6.07) is 0.181. The average molecular weight is 211 g/mol. The Bertz CT molecular complexity index is 185. The van der Waals surface area contributed by atoms with E-state index in [4.69, 9.17) is 0 Å². The highest BCUT2D eigenvalue weighted by Crippen LogP contribution is 2.19. The van der Waals surface area contributed by atoms with E-state index in [-0.39, 0.29) is 6.04 Å². The molecule has 2 heteroatoms. The van der Waals surface area contributed by atoms with Crippen molar-refractivity contribution in [3.63, 3.8) is 0 Å². The minimum Gasteiger partial charge on any atom is -0.307 e. The molecule has 2 atom stereocenters. The van der Waals surface area contributed by atoms with Crippen LogP contribution in [0.2, 0.25) is 0 Å². The van der Waals surface area contributed by atoms with E-state index in [9.17, 15) is 4.79 Å². The van der Waals surface area contributed by atoms with Crippen molar-refractivity contribution in [3.8, 4) is 0 Å². The minimum absolute atomic E-state index is 0.181. The maximum atomic E-state index is 11.9. The standard InChI is InChI=1S/C13H25NO/c1-3-5-7-11(4-2)10-13(15)12-8-6-9-14-12/h11-12,14H,3-10H2,1-2H3. The molecule has 1 rings (SSSR count). The molecule has 0 spiro atoms. The number of ketones is 1. The summed E-state index contributed by atoms with van der Waals surface area (Å²) in [5.74, 6) is 1.08. The molecule has 1 heterocycles. The Morgan fingerprint density at radius 2 is 2.27 bits per heavy atom. The van der Waals surface area contributed by atoms with Crippen molar-refractivity contribution in [2.45, 2.75) is 64.8 Å². The Labute approximate surface area is 93.8 Å². The van der Waals surface area contributed by atoms with E-state index >= 15 is 0 Å². The summed E-state index contributed by atoms with van der Waals surface area (Å²) in [5, 5.41) is 3.29. The zero-order valence-corrected chi connectivity index (χ0v) is 10.2. The van der Waals surface area contributed by atoms with Gasteiger partial charge in [0.2, 0.25) is 0 Å². The summed E-state index contributed by atoms with van der Waals surface area (Å²) >= 11 is 0. The van der Waals surface area contributed by atoms with Gasteiger partial charge in [0, 0.05) is 6.42 Å². The van der Waals surface area contributed by atoms with Crippen LogP contribution in [0.5, 0.6) is 0 Å². The summed E-state index contributed by atoms with van der Waals surface area (Å²) in [6.07, 6.45) is 7.92. The van der Waals surface area contributed by atoms with E-state index in [0.717, 1.165) is 25.8 Å². The Balaban J connectivity index is 2.26. The molecule has 1 saturated heterocycles. The number of hydrogen-bond donors (Lipinski definition) is 1. The van der Waals surface area contributed by atoms with Gasteiger partial charge in [-0.1, -0.05) is 39.5 Å². The van der Waals surface area contributed by atoms with Gasteiger partial charge in [0.1, 0.15) is 5.78 Å². The van der Waals surface area contributed by atoms with E-state index < -0.39 is 0 Å². The van der Waals surface area contributed by atoms with Crippen LogP contribution >= 0.6 is 0 Å². The first kappa shape index (κ1) is 12.7. The van der Waals surface area contributed by atoms with E-state index in [2.05, 4.69) is 19.2 Å². The second kappa shape index (κ2) is 7.00. The molecule has 1 aliphatic heterocycles. The van der Waals surface area contributed by atoms with E-state index in [1.54, 1.807) is 0 Å². The molecule has 15 heavy (non-hydrogen) atoms. The molecule has 0 amide bonds. The molecule has 0 aliphatic carbocycles. The quantitative estimate of drug-likeness (QED) is 0.701. The van der Waals surface area contributed by atoms with Crippen LogP contribution in [-0.2, 0) is 4.79 Å². The van der Waals surface area contributed by atoms with Gasteiger partial charge < -0.3 is 5.32 Å². The first-order valence-corrected chi connectivity index (χ1v) is 6.54. The highest BCUT2D eigenvalue weighted by atomic mass is 16.1. The Morgan fingerprint density at radius 1 is 1.47 bits per heavy atom. The molecule has 1 aliphatic rings. The molecule has 0 radical (unpaired) electrons. The Kier molecular flexibility index (Phi) is 5.92. The summed E-state index contributed by atoms with van der Waals surface area (Å²) < 4.78 is 0. The molecule has 1 fully saturated rings. The third kappa shape index (κ3) is 4.33. The van der Waals surface area contributed by atoms with Gasteiger partial charge in [-0.2, -0.15) is 0 Å². The van der Waals surface area contributed by atoms with Crippen molar-refractivity contribution in [1.29, 1.82) is 0 Å². The molecule has 1 N–H and O–H groups in total. The fourth-order valence-corrected chi connectivity index (χ4v) is 2.33. The monoisotopic (exact) mass is 211 g/mol. The predicted molar refractivity (Wildman–Crippen MR) is 64.0 cm³/mol. The third-order valence-electron chi connectivity index (χ3n) is 3.48. The number of hydrogen-bond acceptors (Lipinski definition) is 2. The van der Waals surface area contributed by atoms with Crippen LogP contribution in [0.25, 0.3) is 0 Å². The van der Waals surface area contributed by atoms with Gasteiger partial charge in [0.15, 0.2) is 0 Å². The zero-order chi connectivity index (χ0) is 11.1. The van der Waals surface area contributed by atoms with Gasteiger partial charge in [0.25, 0.3) is 0 Å². The maximum absolute atomic E-state index is 11.9. The largest absolute Gasteiger partial charge is 0.307 e. The molecule has 2 unspecified atom stereocenters. The van der Waals surface area contributed by atoms with Crippen LogP contribution in [0.15, 0.2) is 0 Å². The number of carbonyl (C=O) groups excluding carboxylic acids is 1. The fraction of sp³-hybridized carbons (Fsp3) is 0.923. The number of nitrogens with one attached hydrogen (secondary N) is 1. The van der Waals surface area contributed by atoms with Crippen molar-refractivity contribution in [1.82, 2.24) is 5.32 Å². The second-order valence-electron chi connectivity index (χ2n) is 4.74. The summed E-state index contributed by atoms with van der Waals surface area (Å²) in [7, 11) is 0. The van der Waals surface area contributed by atoms with Crippen molar-refractivity contribution in [2.24, 2.45) is 5.92 Å². The lowest BCUT2D eigenvalue weighted by Gasteiger charge is -2.16. The number of carbonyl (C=O) groups is 1.